The van der Waals surface area contributed by atoms with E-state index < -0.39 is 49.6 Å². The van der Waals surface area contributed by atoms with Crippen LogP contribution in [-0.2, 0) is 28.4 Å². The Labute approximate surface area is 241 Å². The first-order chi connectivity index (χ1) is 19.1. The molecule has 0 radical (unpaired) electrons. The minimum atomic E-state index is -3.89. The average molecular weight is 606 g/mol. The molecule has 3 aromatic rings. The molecule has 2 aromatic carbocycles. The van der Waals surface area contributed by atoms with Crippen molar-refractivity contribution in [2.24, 2.45) is 13.0 Å². The normalized spacial score (nSPS) is 15.4. The number of carbonyl (C=O) groups excluding carboxylic acids is 1. The number of carbonyl (C=O) groups is 1. The fourth-order valence-corrected chi connectivity index (χ4v) is 5.86. The maximum Gasteiger partial charge on any atom is 0.250 e. The van der Waals surface area contributed by atoms with Crippen molar-refractivity contribution >= 4 is 32.9 Å². The van der Waals surface area contributed by atoms with E-state index in [9.17, 15) is 27.0 Å². The summed E-state index contributed by atoms with van der Waals surface area (Å²) in [5.41, 5.74) is 0.242. The second kappa shape index (κ2) is 11.7. The van der Waals surface area contributed by atoms with Gasteiger partial charge in [0.15, 0.2) is 5.78 Å². The summed E-state index contributed by atoms with van der Waals surface area (Å²) >= 11 is -1.51. The number of pyridine rings is 1. The van der Waals surface area contributed by atoms with Gasteiger partial charge >= 0.3 is 0 Å². The average Bonchev–Trinajstić information content (AvgIpc) is 3.74. The number of hydrogen-bond acceptors (Lipinski definition) is 6. The minimum Gasteiger partial charge on any atom is -0.598 e. The lowest BCUT2D eigenvalue weighted by molar-refractivity contribution is 0.103. The van der Waals surface area contributed by atoms with Gasteiger partial charge in [0.05, 0.1) is 17.5 Å². The third kappa shape index (κ3) is 7.06. The largest absolute Gasteiger partial charge is 0.598 e. The van der Waals surface area contributed by atoms with E-state index in [1.165, 1.54) is 49.0 Å². The summed E-state index contributed by atoms with van der Waals surface area (Å²) in [7, 11) is -2.36. The van der Waals surface area contributed by atoms with E-state index in [1.54, 1.807) is 0 Å². The van der Waals surface area contributed by atoms with Crippen LogP contribution in [0.5, 0.6) is 0 Å². The number of nitrogens with one attached hydrogen (secondary N) is 2. The van der Waals surface area contributed by atoms with E-state index in [0.717, 1.165) is 31.0 Å². The lowest BCUT2D eigenvalue weighted by Crippen LogP contribution is -2.42. The highest BCUT2D eigenvalue weighted by atomic mass is 32.2. The Hall–Kier alpha value is -3.06. The summed E-state index contributed by atoms with van der Waals surface area (Å²) in [6, 6.07) is 7.80. The molecule has 8 nitrogen and oxygen atoms in total. The standard InChI is InChI=1S/C29H33F2N3O5S2/c1-6-41(38,39)33-25-14-20(22(13-24(25)31)28(36)18-9-11-19(30)12-10-18)23-16-34(5)26(35)15-21(23)27(17-7-8-17)32-40(37)29(2,3)4/h9-17,27,32-33H,6-8H2,1-5H3/t27-,40?/m0/s1. The molecule has 1 heterocycles. The second-order valence-electron chi connectivity index (χ2n) is 11.1. The zero-order chi connectivity index (χ0) is 30.3. The number of hydrogen-bond donors (Lipinski definition) is 2. The molecule has 1 fully saturated rings. The van der Waals surface area contributed by atoms with Crippen LogP contribution in [0.2, 0.25) is 0 Å². The molecule has 2 N–H and O–H groups in total. The number of nitrogens with zero attached hydrogens (tertiary/aromatic N) is 1. The Morgan fingerprint density at radius 2 is 1.76 bits per heavy atom. The van der Waals surface area contributed by atoms with Crippen LogP contribution in [0.3, 0.4) is 0 Å². The van der Waals surface area contributed by atoms with Gasteiger partial charge in [-0.2, -0.15) is 0 Å². The van der Waals surface area contributed by atoms with Gasteiger partial charge in [-0.25, -0.2) is 17.2 Å². The second-order valence-corrected chi connectivity index (χ2v) is 15.1. The first-order valence-corrected chi connectivity index (χ1v) is 15.9. The van der Waals surface area contributed by atoms with Gasteiger partial charge in [0, 0.05) is 47.4 Å². The molecule has 0 spiro atoms. The molecule has 1 saturated carbocycles. The number of halogens is 2. The van der Waals surface area contributed by atoms with Crippen LogP contribution in [0.15, 0.2) is 53.5 Å². The van der Waals surface area contributed by atoms with Crippen LogP contribution in [0.4, 0.5) is 14.5 Å². The molecular formula is C29H33F2N3O5S2. The molecular weight excluding hydrogens is 572 g/mol. The van der Waals surface area contributed by atoms with Crippen LogP contribution in [0, 0.1) is 17.6 Å². The van der Waals surface area contributed by atoms with Crippen LogP contribution in [-0.4, -0.2) is 33.8 Å². The number of aromatic nitrogens is 1. The van der Waals surface area contributed by atoms with Gasteiger partial charge < -0.3 is 9.12 Å². The first kappa shape index (κ1) is 30.9. The quantitative estimate of drug-likeness (QED) is 0.253. The third-order valence-corrected chi connectivity index (χ3v) is 9.74. The van der Waals surface area contributed by atoms with Crippen molar-refractivity contribution in [3.05, 3.63) is 87.3 Å². The van der Waals surface area contributed by atoms with Crippen molar-refractivity contribution in [1.82, 2.24) is 9.29 Å². The van der Waals surface area contributed by atoms with Gasteiger partial charge in [-0.3, -0.25) is 14.3 Å². The molecule has 1 aromatic heterocycles. The summed E-state index contributed by atoms with van der Waals surface area (Å²) < 4.78 is 72.9. The molecule has 1 unspecified atom stereocenters. The van der Waals surface area contributed by atoms with E-state index in [0.29, 0.717) is 11.1 Å². The number of sulfonamides is 1. The van der Waals surface area contributed by atoms with E-state index in [-0.39, 0.29) is 39.6 Å². The molecule has 220 valence electrons. The van der Waals surface area contributed by atoms with Crippen LogP contribution < -0.4 is 15.0 Å². The van der Waals surface area contributed by atoms with Crippen molar-refractivity contribution in [2.45, 2.75) is 51.3 Å². The number of aryl methyl sites for hydroxylation is 1. The number of benzene rings is 2. The Morgan fingerprint density at radius 3 is 2.32 bits per heavy atom. The summed E-state index contributed by atoms with van der Waals surface area (Å²) in [4.78, 5) is 26.6. The summed E-state index contributed by atoms with van der Waals surface area (Å²) in [6.45, 7) is 6.85. The zero-order valence-electron chi connectivity index (χ0n) is 23.5. The molecule has 2 atom stereocenters. The number of ketones is 1. The fraction of sp³-hybridized carbons (Fsp3) is 0.379. The SMILES string of the molecule is CCS(=O)(=O)Nc1cc(-c2cn(C)c(=O)cc2[C@@H](N[S+]([O-])C(C)(C)C)C2CC2)c(C(=O)c2ccc(F)cc2)cc1F. The molecule has 0 aliphatic heterocycles. The number of anilines is 1. The predicted molar refractivity (Wildman–Crippen MR) is 156 cm³/mol. The summed E-state index contributed by atoms with van der Waals surface area (Å²) in [5.74, 6) is -2.41. The highest BCUT2D eigenvalue weighted by molar-refractivity contribution is 7.92. The topological polar surface area (TPSA) is 120 Å². The lowest BCUT2D eigenvalue weighted by Gasteiger charge is -2.29. The Bertz CT molecular complexity index is 1630. The molecule has 41 heavy (non-hydrogen) atoms. The Morgan fingerprint density at radius 1 is 1.12 bits per heavy atom. The number of rotatable bonds is 10. The molecule has 12 heteroatoms. The molecule has 1 aliphatic carbocycles. The van der Waals surface area contributed by atoms with Gasteiger partial charge in [-0.05, 0) is 94.0 Å². The monoisotopic (exact) mass is 605 g/mol. The highest BCUT2D eigenvalue weighted by Gasteiger charge is 2.40. The molecule has 0 bridgehead atoms. The Kier molecular flexibility index (Phi) is 8.79. The van der Waals surface area contributed by atoms with E-state index in [2.05, 4.69) is 9.44 Å². The third-order valence-electron chi connectivity index (χ3n) is 6.87. The van der Waals surface area contributed by atoms with Crippen LogP contribution in [0.25, 0.3) is 11.1 Å². The highest BCUT2D eigenvalue weighted by Crippen LogP contribution is 2.45. The van der Waals surface area contributed by atoms with Gasteiger partial charge in [-0.15, -0.1) is 4.72 Å². The van der Waals surface area contributed by atoms with Crippen molar-refractivity contribution in [2.75, 3.05) is 10.5 Å². The first-order valence-electron chi connectivity index (χ1n) is 13.1. The van der Waals surface area contributed by atoms with E-state index in [1.807, 2.05) is 20.8 Å². The van der Waals surface area contributed by atoms with E-state index >= 15 is 4.39 Å². The Balaban J connectivity index is 1.99. The fourth-order valence-electron chi connectivity index (χ4n) is 4.32. The van der Waals surface area contributed by atoms with Crippen molar-refractivity contribution < 1.29 is 26.5 Å². The van der Waals surface area contributed by atoms with Crippen LogP contribution >= 0.6 is 0 Å². The summed E-state index contributed by atoms with van der Waals surface area (Å²) in [6.07, 6.45) is 3.14. The zero-order valence-corrected chi connectivity index (χ0v) is 25.1. The smallest absolute Gasteiger partial charge is 0.250 e. The maximum absolute atomic E-state index is 15.3. The van der Waals surface area contributed by atoms with Crippen molar-refractivity contribution in [3.63, 3.8) is 0 Å². The predicted octanol–water partition coefficient (Wildman–Crippen LogP) is 4.83. The van der Waals surface area contributed by atoms with E-state index in [4.69, 9.17) is 0 Å². The van der Waals surface area contributed by atoms with Gasteiger partial charge in [0.2, 0.25) is 10.0 Å². The van der Waals surface area contributed by atoms with Crippen molar-refractivity contribution in [1.29, 1.82) is 0 Å². The molecule has 4 rings (SSSR count). The van der Waals surface area contributed by atoms with Crippen LogP contribution in [0.1, 0.15) is 68.1 Å². The van der Waals surface area contributed by atoms with Gasteiger partial charge in [0.25, 0.3) is 5.56 Å². The minimum absolute atomic E-state index is 0.0573. The molecule has 0 amide bonds. The lowest BCUT2D eigenvalue weighted by atomic mass is 9.89. The van der Waals surface area contributed by atoms with Crippen molar-refractivity contribution in [3.8, 4) is 11.1 Å². The van der Waals surface area contributed by atoms with Gasteiger partial charge in [0.1, 0.15) is 16.4 Å². The molecule has 0 saturated heterocycles. The maximum atomic E-state index is 15.3. The van der Waals surface area contributed by atoms with Gasteiger partial charge in [-0.1, -0.05) is 0 Å². The summed E-state index contributed by atoms with van der Waals surface area (Å²) in [5, 5.41) is 0. The molecule has 1 aliphatic rings.